The highest BCUT2D eigenvalue weighted by Crippen LogP contribution is 2.41. The number of rotatable bonds is 2. The Morgan fingerprint density at radius 3 is 2.67 bits per heavy atom. The molecule has 2 aromatic rings. The van der Waals surface area contributed by atoms with Crippen LogP contribution in [-0.2, 0) is 7.05 Å². The quantitative estimate of drug-likeness (QED) is 0.913. The van der Waals surface area contributed by atoms with Gasteiger partial charge in [0.2, 0.25) is 0 Å². The zero-order chi connectivity index (χ0) is 15.2. The second kappa shape index (κ2) is 4.79. The molecule has 4 heteroatoms. The van der Waals surface area contributed by atoms with Crippen molar-refractivity contribution in [3.05, 3.63) is 41.2 Å². The fraction of sp³-hybridized carbons (Fsp3) is 0.471. The minimum Gasteiger partial charge on any atom is -0.487 e. The van der Waals surface area contributed by atoms with Crippen LogP contribution in [0.5, 0.6) is 5.75 Å². The molecule has 2 heterocycles. The van der Waals surface area contributed by atoms with Gasteiger partial charge in [-0.05, 0) is 33.8 Å². The number of hydrogen-bond donors (Lipinski definition) is 1. The molecule has 0 bridgehead atoms. The number of hydrogen-bond acceptors (Lipinski definition) is 3. The number of aromatic nitrogens is 2. The van der Waals surface area contributed by atoms with Gasteiger partial charge in [0.05, 0.1) is 23.1 Å². The smallest absolute Gasteiger partial charge is 0.125 e. The van der Waals surface area contributed by atoms with E-state index in [1.54, 1.807) is 0 Å². The Labute approximate surface area is 126 Å². The van der Waals surface area contributed by atoms with E-state index in [4.69, 9.17) is 4.74 Å². The molecule has 3 rings (SSSR count). The molecule has 1 N–H and O–H groups in total. The molecule has 1 aromatic carbocycles. The van der Waals surface area contributed by atoms with Gasteiger partial charge in [0.15, 0.2) is 0 Å². The first kappa shape index (κ1) is 14.0. The fourth-order valence-corrected chi connectivity index (χ4v) is 3.09. The summed E-state index contributed by atoms with van der Waals surface area (Å²) < 4.78 is 8.02. The van der Waals surface area contributed by atoms with Crippen LogP contribution in [0.25, 0.3) is 0 Å². The van der Waals surface area contributed by atoms with Crippen molar-refractivity contribution >= 4 is 5.69 Å². The molecule has 0 saturated heterocycles. The van der Waals surface area contributed by atoms with Gasteiger partial charge >= 0.3 is 0 Å². The highest BCUT2D eigenvalue weighted by atomic mass is 16.5. The predicted octanol–water partition coefficient (Wildman–Crippen LogP) is 3.75. The van der Waals surface area contributed by atoms with E-state index in [9.17, 15) is 0 Å². The second-order valence-corrected chi connectivity index (χ2v) is 6.47. The molecule has 1 aromatic heterocycles. The van der Waals surface area contributed by atoms with Gasteiger partial charge in [0, 0.05) is 19.0 Å². The maximum atomic E-state index is 6.09. The van der Waals surface area contributed by atoms with Crippen molar-refractivity contribution in [2.75, 3.05) is 5.32 Å². The van der Waals surface area contributed by atoms with Crippen LogP contribution in [0.3, 0.4) is 0 Å². The number of ether oxygens (including phenoxy) is 1. The van der Waals surface area contributed by atoms with E-state index in [-0.39, 0.29) is 11.6 Å². The summed E-state index contributed by atoms with van der Waals surface area (Å²) in [5.41, 5.74) is 4.39. The molecule has 0 amide bonds. The monoisotopic (exact) mass is 285 g/mol. The van der Waals surface area contributed by atoms with Crippen LogP contribution in [0.4, 0.5) is 5.69 Å². The molecule has 112 valence electrons. The van der Waals surface area contributed by atoms with Gasteiger partial charge in [-0.25, -0.2) is 0 Å². The van der Waals surface area contributed by atoms with Crippen LogP contribution >= 0.6 is 0 Å². The summed E-state index contributed by atoms with van der Waals surface area (Å²) >= 11 is 0. The summed E-state index contributed by atoms with van der Waals surface area (Å²) in [7, 11) is 1.98. The zero-order valence-corrected chi connectivity index (χ0v) is 13.4. The molecule has 1 atom stereocenters. The summed E-state index contributed by atoms with van der Waals surface area (Å²) in [5.74, 6) is 0.977. The molecule has 1 aliphatic rings. The van der Waals surface area contributed by atoms with Gasteiger partial charge in [0.1, 0.15) is 11.4 Å². The lowest BCUT2D eigenvalue weighted by atomic mass is 9.89. The third-order valence-electron chi connectivity index (χ3n) is 4.20. The molecule has 0 saturated carbocycles. The molecular formula is C17H23N3O. The first-order valence-electron chi connectivity index (χ1n) is 7.42. The predicted molar refractivity (Wildman–Crippen MR) is 84.8 cm³/mol. The standard InChI is InChI=1S/C17H23N3O/c1-11-16(12(2)20(5)19-11)18-14-10-17(3,4)21-15-9-7-6-8-13(14)15/h6-9,14,18H,10H2,1-5H3. The maximum absolute atomic E-state index is 6.09. The van der Waals surface area contributed by atoms with E-state index in [0.29, 0.717) is 0 Å². The van der Waals surface area contributed by atoms with E-state index in [2.05, 4.69) is 43.3 Å². The molecule has 0 fully saturated rings. The Morgan fingerprint density at radius 1 is 1.29 bits per heavy atom. The number of benzene rings is 1. The van der Waals surface area contributed by atoms with E-state index in [1.807, 2.05) is 30.8 Å². The number of para-hydroxylation sites is 1. The summed E-state index contributed by atoms with van der Waals surface area (Å²) in [6.07, 6.45) is 0.928. The molecular weight excluding hydrogens is 262 g/mol. The van der Waals surface area contributed by atoms with Gasteiger partial charge in [-0.1, -0.05) is 18.2 Å². The molecule has 0 spiro atoms. The second-order valence-electron chi connectivity index (χ2n) is 6.47. The lowest BCUT2D eigenvalue weighted by molar-refractivity contribution is 0.0759. The Morgan fingerprint density at radius 2 is 2.00 bits per heavy atom. The molecule has 0 radical (unpaired) electrons. The van der Waals surface area contributed by atoms with Crippen molar-refractivity contribution in [2.24, 2.45) is 7.05 Å². The Hall–Kier alpha value is -1.97. The van der Waals surface area contributed by atoms with Crippen LogP contribution in [0, 0.1) is 13.8 Å². The van der Waals surface area contributed by atoms with E-state index >= 15 is 0 Å². The number of aryl methyl sites for hydroxylation is 2. The molecule has 4 nitrogen and oxygen atoms in total. The first-order valence-corrected chi connectivity index (χ1v) is 7.42. The topological polar surface area (TPSA) is 39.1 Å². The fourth-order valence-electron chi connectivity index (χ4n) is 3.09. The lowest BCUT2D eigenvalue weighted by Gasteiger charge is -2.38. The molecule has 0 aliphatic carbocycles. The molecule has 1 unspecified atom stereocenters. The number of fused-ring (bicyclic) bond motifs is 1. The third-order valence-corrected chi connectivity index (χ3v) is 4.20. The lowest BCUT2D eigenvalue weighted by Crippen LogP contribution is -2.37. The third kappa shape index (κ3) is 2.50. The molecule has 1 aliphatic heterocycles. The number of nitrogens with zero attached hydrogens (tertiary/aromatic N) is 2. The van der Waals surface area contributed by atoms with Crippen LogP contribution in [0.2, 0.25) is 0 Å². The summed E-state index contributed by atoms with van der Waals surface area (Å²) in [6.45, 7) is 8.42. The van der Waals surface area contributed by atoms with Gasteiger partial charge < -0.3 is 10.1 Å². The van der Waals surface area contributed by atoms with Crippen molar-refractivity contribution in [3.8, 4) is 5.75 Å². The van der Waals surface area contributed by atoms with Gasteiger partial charge in [-0.2, -0.15) is 5.10 Å². The SMILES string of the molecule is Cc1nn(C)c(C)c1NC1CC(C)(C)Oc2ccccc21. The van der Waals surface area contributed by atoms with E-state index in [1.165, 1.54) is 5.56 Å². The highest BCUT2D eigenvalue weighted by Gasteiger charge is 2.34. The number of anilines is 1. The van der Waals surface area contributed by atoms with Gasteiger partial charge in [-0.3, -0.25) is 4.68 Å². The van der Waals surface area contributed by atoms with E-state index in [0.717, 1.165) is 29.2 Å². The summed E-state index contributed by atoms with van der Waals surface area (Å²) in [6, 6.07) is 8.53. The molecule has 21 heavy (non-hydrogen) atoms. The van der Waals surface area contributed by atoms with Crippen molar-refractivity contribution in [1.29, 1.82) is 0 Å². The Balaban J connectivity index is 1.98. The largest absolute Gasteiger partial charge is 0.487 e. The summed E-state index contributed by atoms with van der Waals surface area (Å²) in [5, 5.41) is 8.18. The number of nitrogens with one attached hydrogen (secondary N) is 1. The van der Waals surface area contributed by atoms with Crippen LogP contribution in [0.15, 0.2) is 24.3 Å². The summed E-state index contributed by atoms with van der Waals surface area (Å²) in [4.78, 5) is 0. The minimum absolute atomic E-state index is 0.171. The van der Waals surface area contributed by atoms with Crippen molar-refractivity contribution in [1.82, 2.24) is 9.78 Å². The van der Waals surface area contributed by atoms with Crippen molar-refractivity contribution < 1.29 is 4.74 Å². The highest BCUT2D eigenvalue weighted by molar-refractivity contribution is 5.55. The average molecular weight is 285 g/mol. The normalized spacial score (nSPS) is 19.8. The average Bonchev–Trinajstić information content (AvgIpc) is 2.64. The van der Waals surface area contributed by atoms with Crippen molar-refractivity contribution in [3.63, 3.8) is 0 Å². The minimum atomic E-state index is -0.171. The van der Waals surface area contributed by atoms with Gasteiger partial charge in [0.25, 0.3) is 0 Å². The zero-order valence-electron chi connectivity index (χ0n) is 13.4. The Bertz CT molecular complexity index is 673. The van der Waals surface area contributed by atoms with Crippen molar-refractivity contribution in [2.45, 2.75) is 45.8 Å². The van der Waals surface area contributed by atoms with Gasteiger partial charge in [-0.15, -0.1) is 0 Å². The van der Waals surface area contributed by atoms with Crippen LogP contribution < -0.4 is 10.1 Å². The first-order chi connectivity index (χ1) is 9.87. The Kier molecular flexibility index (Phi) is 3.19. The van der Waals surface area contributed by atoms with Crippen LogP contribution in [-0.4, -0.2) is 15.4 Å². The maximum Gasteiger partial charge on any atom is 0.125 e. The van der Waals surface area contributed by atoms with Crippen LogP contribution in [0.1, 0.15) is 43.3 Å². The van der Waals surface area contributed by atoms with E-state index < -0.39 is 0 Å².